The lowest BCUT2D eigenvalue weighted by Gasteiger charge is -2.06. The Morgan fingerprint density at radius 2 is 2.18 bits per heavy atom. The number of aromatic nitrogens is 2. The largest absolute Gasteiger partial charge is 0.497 e. The van der Waals surface area contributed by atoms with Gasteiger partial charge in [-0.15, -0.1) is 0 Å². The van der Waals surface area contributed by atoms with Crippen LogP contribution in [-0.4, -0.2) is 17.1 Å². The summed E-state index contributed by atoms with van der Waals surface area (Å²) < 4.78 is 10.6. The number of hydrogen-bond acceptors (Lipinski definition) is 5. The zero-order chi connectivity index (χ0) is 12.1. The van der Waals surface area contributed by atoms with Crippen LogP contribution in [0.2, 0.25) is 0 Å². The van der Waals surface area contributed by atoms with Gasteiger partial charge in [0.15, 0.2) is 0 Å². The first-order valence-corrected chi connectivity index (χ1v) is 5.11. The van der Waals surface area contributed by atoms with Crippen LogP contribution in [0.4, 0.5) is 5.82 Å². The third-order valence-corrected chi connectivity index (χ3v) is 2.15. The zero-order valence-corrected chi connectivity index (χ0v) is 9.46. The minimum absolute atomic E-state index is 0.341. The summed E-state index contributed by atoms with van der Waals surface area (Å²) in [6.07, 6.45) is 2.99. The summed E-state index contributed by atoms with van der Waals surface area (Å²) in [5.41, 5.74) is 6.49. The molecule has 2 aromatic rings. The number of anilines is 1. The smallest absolute Gasteiger partial charge is 0.234 e. The van der Waals surface area contributed by atoms with Gasteiger partial charge in [-0.2, -0.15) is 4.98 Å². The summed E-state index contributed by atoms with van der Waals surface area (Å²) in [6, 6.07) is 7.63. The lowest BCUT2D eigenvalue weighted by atomic mass is 10.2. The van der Waals surface area contributed by atoms with Gasteiger partial charge in [-0.3, -0.25) is 4.98 Å². The lowest BCUT2D eigenvalue weighted by molar-refractivity contribution is 0.292. The minimum atomic E-state index is 0.341. The molecule has 0 aliphatic carbocycles. The Morgan fingerprint density at radius 1 is 1.29 bits per heavy atom. The summed E-state index contributed by atoms with van der Waals surface area (Å²) in [6.45, 7) is 0.398. The molecular weight excluding hydrogens is 218 g/mol. The Kier molecular flexibility index (Phi) is 3.40. The first-order valence-electron chi connectivity index (χ1n) is 5.11. The fraction of sp³-hybridized carbons (Fsp3) is 0.167. The first-order chi connectivity index (χ1) is 8.28. The molecule has 0 fully saturated rings. The van der Waals surface area contributed by atoms with E-state index >= 15 is 0 Å². The van der Waals surface area contributed by atoms with E-state index in [2.05, 4.69) is 9.97 Å². The highest BCUT2D eigenvalue weighted by atomic mass is 16.5. The fourth-order valence-corrected chi connectivity index (χ4v) is 1.35. The minimum Gasteiger partial charge on any atom is -0.497 e. The molecule has 0 aliphatic heterocycles. The molecule has 0 atom stereocenters. The third kappa shape index (κ3) is 3.07. The van der Waals surface area contributed by atoms with Gasteiger partial charge in [-0.1, -0.05) is 12.1 Å². The molecule has 2 N–H and O–H groups in total. The Labute approximate surface area is 99.2 Å². The van der Waals surface area contributed by atoms with E-state index in [1.165, 1.54) is 12.4 Å². The number of hydrogen-bond donors (Lipinski definition) is 1. The molecule has 0 aliphatic rings. The summed E-state index contributed by atoms with van der Waals surface area (Å²) in [4.78, 5) is 7.89. The molecule has 0 radical (unpaired) electrons. The number of ether oxygens (including phenoxy) is 2. The van der Waals surface area contributed by atoms with Gasteiger partial charge in [-0.25, -0.2) is 0 Å². The molecule has 5 nitrogen and oxygen atoms in total. The first kappa shape index (κ1) is 11.2. The lowest BCUT2D eigenvalue weighted by Crippen LogP contribution is -2.00. The van der Waals surface area contributed by atoms with E-state index in [4.69, 9.17) is 15.2 Å². The van der Waals surface area contributed by atoms with Crippen molar-refractivity contribution in [2.75, 3.05) is 12.8 Å². The maximum Gasteiger partial charge on any atom is 0.234 e. The molecule has 0 spiro atoms. The van der Waals surface area contributed by atoms with Crippen molar-refractivity contribution in [1.82, 2.24) is 9.97 Å². The molecule has 0 saturated carbocycles. The van der Waals surface area contributed by atoms with E-state index in [1.807, 2.05) is 24.3 Å². The third-order valence-electron chi connectivity index (χ3n) is 2.15. The van der Waals surface area contributed by atoms with Gasteiger partial charge in [0.2, 0.25) is 5.88 Å². The average molecular weight is 231 g/mol. The van der Waals surface area contributed by atoms with Crippen LogP contribution in [0.15, 0.2) is 36.7 Å². The van der Waals surface area contributed by atoms with Crippen molar-refractivity contribution in [1.29, 1.82) is 0 Å². The van der Waals surface area contributed by atoms with Crippen molar-refractivity contribution in [3.05, 3.63) is 42.2 Å². The van der Waals surface area contributed by atoms with E-state index < -0.39 is 0 Å². The van der Waals surface area contributed by atoms with Crippen LogP contribution in [0.25, 0.3) is 0 Å². The quantitative estimate of drug-likeness (QED) is 0.866. The van der Waals surface area contributed by atoms with Gasteiger partial charge < -0.3 is 15.2 Å². The van der Waals surface area contributed by atoms with Crippen LogP contribution in [-0.2, 0) is 6.61 Å². The van der Waals surface area contributed by atoms with Gasteiger partial charge >= 0.3 is 0 Å². The Hall–Kier alpha value is -2.30. The number of rotatable bonds is 4. The Morgan fingerprint density at radius 3 is 2.94 bits per heavy atom. The van der Waals surface area contributed by atoms with Crippen LogP contribution >= 0.6 is 0 Å². The molecule has 0 bridgehead atoms. The van der Waals surface area contributed by atoms with Crippen LogP contribution in [0.1, 0.15) is 5.56 Å². The van der Waals surface area contributed by atoms with Gasteiger partial charge in [0, 0.05) is 0 Å². The monoisotopic (exact) mass is 231 g/mol. The van der Waals surface area contributed by atoms with Crippen molar-refractivity contribution in [2.24, 2.45) is 0 Å². The summed E-state index contributed by atoms with van der Waals surface area (Å²) in [5.74, 6) is 1.55. The van der Waals surface area contributed by atoms with Crippen molar-refractivity contribution in [2.45, 2.75) is 6.61 Å². The molecule has 1 heterocycles. The second kappa shape index (κ2) is 5.16. The number of benzene rings is 1. The molecular formula is C12H13N3O2. The van der Waals surface area contributed by atoms with E-state index in [0.29, 0.717) is 18.3 Å². The van der Waals surface area contributed by atoms with E-state index in [9.17, 15) is 0 Å². The molecule has 5 heteroatoms. The van der Waals surface area contributed by atoms with Crippen molar-refractivity contribution < 1.29 is 9.47 Å². The number of nitrogens with zero attached hydrogens (tertiary/aromatic N) is 2. The van der Waals surface area contributed by atoms with Crippen molar-refractivity contribution >= 4 is 5.82 Å². The molecule has 17 heavy (non-hydrogen) atoms. The van der Waals surface area contributed by atoms with Crippen molar-refractivity contribution in [3.8, 4) is 11.6 Å². The van der Waals surface area contributed by atoms with Crippen molar-refractivity contribution in [3.63, 3.8) is 0 Å². The summed E-state index contributed by atoms with van der Waals surface area (Å²) >= 11 is 0. The number of methoxy groups -OCH3 is 1. The molecule has 0 amide bonds. The van der Waals surface area contributed by atoms with Crippen LogP contribution in [0, 0.1) is 0 Å². The topological polar surface area (TPSA) is 70.3 Å². The molecule has 0 unspecified atom stereocenters. The predicted molar refractivity (Wildman–Crippen MR) is 63.8 cm³/mol. The zero-order valence-electron chi connectivity index (χ0n) is 9.46. The summed E-state index contributed by atoms with van der Waals surface area (Å²) in [7, 11) is 1.63. The maximum atomic E-state index is 5.50. The SMILES string of the molecule is COc1cccc(COc2cncc(N)n2)c1. The van der Waals surface area contributed by atoms with E-state index in [0.717, 1.165) is 11.3 Å². The highest BCUT2D eigenvalue weighted by Crippen LogP contribution is 2.14. The van der Waals surface area contributed by atoms with Gasteiger partial charge in [0.1, 0.15) is 18.2 Å². The number of nitrogen functional groups attached to an aromatic ring is 1. The predicted octanol–water partition coefficient (Wildman–Crippen LogP) is 1.65. The second-order valence-electron chi connectivity index (χ2n) is 3.42. The standard InChI is InChI=1S/C12H13N3O2/c1-16-10-4-2-3-9(5-10)8-17-12-7-14-6-11(13)15-12/h2-7H,8H2,1H3,(H2,13,15). The number of nitrogens with two attached hydrogens (primary N) is 1. The normalized spacial score (nSPS) is 9.94. The molecule has 1 aromatic heterocycles. The van der Waals surface area contributed by atoms with Crippen LogP contribution in [0.5, 0.6) is 11.6 Å². The Bertz CT molecular complexity index is 503. The molecule has 2 rings (SSSR count). The van der Waals surface area contributed by atoms with Gasteiger partial charge in [0.05, 0.1) is 19.5 Å². The van der Waals surface area contributed by atoms with E-state index in [-0.39, 0.29) is 0 Å². The highest BCUT2D eigenvalue weighted by Gasteiger charge is 1.99. The average Bonchev–Trinajstić information content (AvgIpc) is 2.37. The maximum absolute atomic E-state index is 5.50. The second-order valence-corrected chi connectivity index (χ2v) is 3.42. The Balaban J connectivity index is 2.02. The molecule has 0 saturated heterocycles. The molecule has 88 valence electrons. The fourth-order valence-electron chi connectivity index (χ4n) is 1.35. The van der Waals surface area contributed by atoms with Crippen LogP contribution < -0.4 is 15.2 Å². The van der Waals surface area contributed by atoms with Gasteiger partial charge in [0.25, 0.3) is 0 Å². The van der Waals surface area contributed by atoms with Crippen LogP contribution in [0.3, 0.4) is 0 Å². The molecule has 1 aromatic carbocycles. The van der Waals surface area contributed by atoms with E-state index in [1.54, 1.807) is 7.11 Å². The highest BCUT2D eigenvalue weighted by molar-refractivity contribution is 5.29. The van der Waals surface area contributed by atoms with Gasteiger partial charge in [-0.05, 0) is 17.7 Å². The summed E-state index contributed by atoms with van der Waals surface area (Å²) in [5, 5.41) is 0.